The highest BCUT2D eigenvalue weighted by molar-refractivity contribution is 6.32. The summed E-state index contributed by atoms with van der Waals surface area (Å²) < 4.78 is 5.06. The smallest absolute Gasteiger partial charge is 0.408 e. The van der Waals surface area contributed by atoms with E-state index in [1.54, 1.807) is 32.9 Å². The minimum atomic E-state index is -0.524. The predicted octanol–water partition coefficient (Wildman–Crippen LogP) is 3.26. The number of rotatable bonds is 1. The minimum absolute atomic E-state index is 0.173. The Morgan fingerprint density at radius 3 is 2.47 bits per heavy atom. The van der Waals surface area contributed by atoms with E-state index in [1.807, 2.05) is 0 Å². The lowest BCUT2D eigenvalue weighted by Gasteiger charge is -2.18. The summed E-state index contributed by atoms with van der Waals surface area (Å²) in [4.78, 5) is 15.1. The van der Waals surface area contributed by atoms with Crippen LogP contribution in [0.5, 0.6) is 0 Å². The molecule has 4 nitrogen and oxygen atoms in total. The maximum absolute atomic E-state index is 11.3. The summed E-state index contributed by atoms with van der Waals surface area (Å²) in [6, 6.07) is 3.18. The second-order valence-corrected chi connectivity index (χ2v) is 5.43. The summed E-state index contributed by atoms with van der Waals surface area (Å²) in [6.45, 7) is 5.55. The molecule has 0 unspecified atom stereocenters. The monoisotopic (exact) mass is 300 g/mol. The summed E-state index contributed by atoms with van der Waals surface area (Å²) in [6.07, 6.45) is -0.507. The zero-order chi connectivity index (χ0) is 14.5. The van der Waals surface area contributed by atoms with Crippen LogP contribution < -0.4 is 5.32 Å². The lowest BCUT2D eigenvalue weighted by molar-refractivity contribution is 0.0535. The van der Waals surface area contributed by atoms with E-state index >= 15 is 0 Å². The molecule has 0 bridgehead atoms. The molecule has 1 heterocycles. The number of amides is 1. The van der Waals surface area contributed by atoms with Gasteiger partial charge in [0.05, 0.1) is 6.54 Å². The fourth-order valence-corrected chi connectivity index (χ4v) is 1.57. The van der Waals surface area contributed by atoms with Crippen LogP contribution in [0.3, 0.4) is 0 Å². The van der Waals surface area contributed by atoms with Gasteiger partial charge in [-0.1, -0.05) is 35.0 Å². The maximum atomic E-state index is 11.3. The van der Waals surface area contributed by atoms with Gasteiger partial charge in [0.15, 0.2) is 0 Å². The quantitative estimate of drug-likeness (QED) is 0.640. The fourth-order valence-electron chi connectivity index (χ4n) is 1.11. The van der Waals surface area contributed by atoms with Crippen LogP contribution in [0.25, 0.3) is 0 Å². The van der Waals surface area contributed by atoms with Crippen molar-refractivity contribution in [3.63, 3.8) is 0 Å². The van der Waals surface area contributed by atoms with Gasteiger partial charge in [0, 0.05) is 5.56 Å². The molecule has 1 rings (SSSR count). The van der Waals surface area contributed by atoms with Crippen LogP contribution in [0.4, 0.5) is 4.79 Å². The van der Waals surface area contributed by atoms with Gasteiger partial charge >= 0.3 is 6.09 Å². The van der Waals surface area contributed by atoms with Crippen molar-refractivity contribution in [2.75, 3.05) is 6.54 Å². The van der Waals surface area contributed by atoms with Gasteiger partial charge in [-0.05, 0) is 32.9 Å². The third-order valence-corrected chi connectivity index (χ3v) is 2.10. The average molecular weight is 301 g/mol. The van der Waals surface area contributed by atoms with Gasteiger partial charge in [0.2, 0.25) is 0 Å². The Bertz CT molecular complexity index is 507. The zero-order valence-corrected chi connectivity index (χ0v) is 12.4. The molecule has 6 heteroatoms. The van der Waals surface area contributed by atoms with Crippen molar-refractivity contribution < 1.29 is 9.53 Å². The lowest BCUT2D eigenvalue weighted by Crippen LogP contribution is -2.32. The Morgan fingerprint density at radius 1 is 1.37 bits per heavy atom. The Balaban J connectivity index is 2.50. The van der Waals surface area contributed by atoms with E-state index in [1.165, 1.54) is 0 Å². The molecule has 1 aromatic heterocycles. The van der Waals surface area contributed by atoms with E-state index in [-0.39, 0.29) is 16.9 Å². The summed E-state index contributed by atoms with van der Waals surface area (Å²) >= 11 is 11.5. The number of alkyl carbamates (subject to hydrolysis) is 1. The minimum Gasteiger partial charge on any atom is -0.444 e. The standard InChI is InChI=1S/C13H14Cl2N2O2/c1-13(2,3)19-12(18)16-6-4-5-9-7-10(14)17-11(15)8-9/h7-8H,6H2,1-3H3,(H,16,18). The molecule has 0 radical (unpaired) electrons. The van der Waals surface area contributed by atoms with E-state index in [0.29, 0.717) is 5.56 Å². The third kappa shape index (κ3) is 6.90. The first-order valence-corrected chi connectivity index (χ1v) is 6.31. The SMILES string of the molecule is CC(C)(C)OC(=O)NCC#Cc1cc(Cl)nc(Cl)c1. The summed E-state index contributed by atoms with van der Waals surface area (Å²) in [5, 5.41) is 3.07. The molecule has 19 heavy (non-hydrogen) atoms. The van der Waals surface area contributed by atoms with Gasteiger partial charge in [-0.2, -0.15) is 0 Å². The molecule has 1 N–H and O–H groups in total. The molecule has 0 saturated heterocycles. The van der Waals surface area contributed by atoms with Crippen molar-refractivity contribution in [3.8, 4) is 11.8 Å². The van der Waals surface area contributed by atoms with Gasteiger partial charge in [0.1, 0.15) is 15.9 Å². The second kappa shape index (κ2) is 6.65. The molecule has 0 aliphatic rings. The average Bonchev–Trinajstić information content (AvgIpc) is 2.20. The first-order valence-electron chi connectivity index (χ1n) is 5.55. The lowest BCUT2D eigenvalue weighted by atomic mass is 10.2. The number of hydrogen-bond donors (Lipinski definition) is 1. The molecule has 1 amide bonds. The van der Waals surface area contributed by atoms with Gasteiger partial charge in [-0.25, -0.2) is 9.78 Å². The van der Waals surface area contributed by atoms with Crippen LogP contribution in [0.2, 0.25) is 10.3 Å². The molecule has 1 aromatic rings. The van der Waals surface area contributed by atoms with Crippen LogP contribution in [-0.4, -0.2) is 23.2 Å². The second-order valence-electron chi connectivity index (χ2n) is 4.66. The molecule has 0 aliphatic carbocycles. The van der Waals surface area contributed by atoms with Crippen molar-refractivity contribution >= 4 is 29.3 Å². The topological polar surface area (TPSA) is 51.2 Å². The van der Waals surface area contributed by atoms with Crippen LogP contribution in [-0.2, 0) is 4.74 Å². The number of halogens is 2. The first kappa shape index (κ1) is 15.6. The van der Waals surface area contributed by atoms with Gasteiger partial charge in [-0.15, -0.1) is 0 Å². The van der Waals surface area contributed by atoms with Gasteiger partial charge < -0.3 is 10.1 Å². The van der Waals surface area contributed by atoms with Crippen molar-refractivity contribution in [1.82, 2.24) is 10.3 Å². The number of pyridine rings is 1. The van der Waals surface area contributed by atoms with Crippen molar-refractivity contribution in [3.05, 3.63) is 28.0 Å². The molecule has 0 aliphatic heterocycles. The van der Waals surface area contributed by atoms with E-state index in [4.69, 9.17) is 27.9 Å². The highest BCUT2D eigenvalue weighted by Crippen LogP contribution is 2.13. The molecular formula is C13H14Cl2N2O2. The largest absolute Gasteiger partial charge is 0.444 e. The van der Waals surface area contributed by atoms with Crippen molar-refractivity contribution in [1.29, 1.82) is 0 Å². The number of ether oxygens (including phenoxy) is 1. The van der Waals surface area contributed by atoms with Crippen LogP contribution >= 0.6 is 23.2 Å². The van der Waals surface area contributed by atoms with Crippen molar-refractivity contribution in [2.24, 2.45) is 0 Å². The van der Waals surface area contributed by atoms with Gasteiger partial charge in [0.25, 0.3) is 0 Å². The molecular weight excluding hydrogens is 287 g/mol. The van der Waals surface area contributed by atoms with Crippen molar-refractivity contribution in [2.45, 2.75) is 26.4 Å². The maximum Gasteiger partial charge on any atom is 0.408 e. The summed E-state index contributed by atoms with van der Waals surface area (Å²) in [5.41, 5.74) is 0.111. The van der Waals surface area contributed by atoms with E-state index in [9.17, 15) is 4.79 Å². The van der Waals surface area contributed by atoms with E-state index in [2.05, 4.69) is 22.1 Å². The molecule has 0 spiro atoms. The number of hydrogen-bond acceptors (Lipinski definition) is 3. The molecule has 102 valence electrons. The summed E-state index contributed by atoms with van der Waals surface area (Å²) in [7, 11) is 0. The summed E-state index contributed by atoms with van der Waals surface area (Å²) in [5.74, 6) is 5.58. The number of nitrogens with zero attached hydrogens (tertiary/aromatic N) is 1. The zero-order valence-electron chi connectivity index (χ0n) is 10.9. The molecule has 0 atom stereocenters. The number of aromatic nitrogens is 1. The number of carbonyl (C=O) groups is 1. The fraction of sp³-hybridized carbons (Fsp3) is 0.385. The number of carbonyl (C=O) groups excluding carboxylic acids is 1. The predicted molar refractivity (Wildman–Crippen MR) is 75.4 cm³/mol. The van der Waals surface area contributed by atoms with E-state index in [0.717, 1.165) is 0 Å². The Labute approximate surface area is 122 Å². The third-order valence-electron chi connectivity index (χ3n) is 1.72. The Morgan fingerprint density at radius 2 is 1.95 bits per heavy atom. The highest BCUT2D eigenvalue weighted by Gasteiger charge is 2.14. The van der Waals surface area contributed by atoms with Crippen LogP contribution in [0.15, 0.2) is 12.1 Å². The first-order chi connectivity index (χ1) is 8.76. The number of nitrogens with one attached hydrogen (secondary N) is 1. The highest BCUT2D eigenvalue weighted by atomic mass is 35.5. The van der Waals surface area contributed by atoms with Crippen LogP contribution in [0, 0.1) is 11.8 Å². The molecule has 0 saturated carbocycles. The normalized spacial score (nSPS) is 10.4. The van der Waals surface area contributed by atoms with Gasteiger partial charge in [-0.3, -0.25) is 0 Å². The Hall–Kier alpha value is -1.44. The molecule has 0 aromatic carbocycles. The van der Waals surface area contributed by atoms with Crippen LogP contribution in [0.1, 0.15) is 26.3 Å². The Kier molecular flexibility index (Phi) is 5.46. The van der Waals surface area contributed by atoms with E-state index < -0.39 is 11.7 Å². The molecule has 0 fully saturated rings.